The predicted octanol–water partition coefficient (Wildman–Crippen LogP) is 0.746. The van der Waals surface area contributed by atoms with E-state index in [0.29, 0.717) is 10.5 Å². The van der Waals surface area contributed by atoms with Gasteiger partial charge in [0.1, 0.15) is 12.7 Å². The van der Waals surface area contributed by atoms with E-state index in [1.165, 1.54) is 24.6 Å². The van der Waals surface area contributed by atoms with E-state index >= 15 is 0 Å². The Bertz CT molecular complexity index is 1020. The molecule has 0 spiro atoms. The second kappa shape index (κ2) is 8.17. The third-order valence-electron chi connectivity index (χ3n) is 4.01. The maximum atomic E-state index is 12.7. The van der Waals surface area contributed by atoms with Gasteiger partial charge < -0.3 is 24.7 Å². The highest BCUT2D eigenvalue weighted by atomic mass is 32.1. The molecule has 1 fully saturated rings. The van der Waals surface area contributed by atoms with Crippen LogP contribution in [0, 0.1) is 0 Å². The zero-order chi connectivity index (χ0) is 21.3. The van der Waals surface area contributed by atoms with E-state index < -0.39 is 41.4 Å². The number of nitrogens with zero attached hydrogens (tertiary/aromatic N) is 3. The van der Waals surface area contributed by atoms with Gasteiger partial charge in [0.2, 0.25) is 5.95 Å². The number of allylic oxidation sites excluding steroid dienone is 1. The molecule has 29 heavy (non-hydrogen) atoms. The van der Waals surface area contributed by atoms with Crippen LogP contribution in [0.5, 0.6) is 0 Å². The number of carbonyl (C=O) groups excluding carboxylic acids is 2. The van der Waals surface area contributed by atoms with Crippen molar-refractivity contribution in [2.45, 2.75) is 45.3 Å². The van der Waals surface area contributed by atoms with E-state index in [4.69, 9.17) is 24.7 Å². The topological polar surface area (TPSA) is 145 Å². The van der Waals surface area contributed by atoms with Gasteiger partial charge >= 0.3 is 16.8 Å². The van der Waals surface area contributed by atoms with Crippen molar-refractivity contribution >= 4 is 39.6 Å². The fraction of sp³-hybridized carbons (Fsp3) is 0.471. The molecule has 1 aliphatic heterocycles. The van der Waals surface area contributed by atoms with Crippen LogP contribution in [0.15, 0.2) is 23.3 Å². The minimum absolute atomic E-state index is 0.0209. The van der Waals surface area contributed by atoms with E-state index in [1.54, 1.807) is 6.92 Å². The SMILES string of the molecule is C=C(C)O[C@@H]1[C@H](OC(C)=O)[C@@H](COC(C)=O)O[C@H]1n1c(=O)sc2cnc(N)nc21. The Balaban J connectivity index is 2.08. The number of hydrogen-bond acceptors (Lipinski definition) is 11. The van der Waals surface area contributed by atoms with Gasteiger partial charge in [-0.15, -0.1) is 0 Å². The number of anilines is 1. The highest BCUT2D eigenvalue weighted by Crippen LogP contribution is 2.36. The minimum Gasteiger partial charge on any atom is -0.487 e. The number of carbonyl (C=O) groups is 2. The fourth-order valence-electron chi connectivity index (χ4n) is 3.02. The van der Waals surface area contributed by atoms with Gasteiger partial charge in [0.25, 0.3) is 0 Å². The van der Waals surface area contributed by atoms with Crippen molar-refractivity contribution in [1.82, 2.24) is 14.5 Å². The summed E-state index contributed by atoms with van der Waals surface area (Å²) in [6, 6.07) is 0. The summed E-state index contributed by atoms with van der Waals surface area (Å²) in [5.74, 6) is -0.825. The van der Waals surface area contributed by atoms with E-state index in [0.717, 1.165) is 11.3 Å². The quantitative estimate of drug-likeness (QED) is 0.520. The normalized spacial score (nSPS) is 23.7. The Labute approximate surface area is 169 Å². The van der Waals surface area contributed by atoms with E-state index in [9.17, 15) is 14.4 Å². The number of esters is 2. The van der Waals surface area contributed by atoms with Gasteiger partial charge in [0, 0.05) is 13.8 Å². The van der Waals surface area contributed by atoms with Gasteiger partial charge in [-0.05, 0) is 6.92 Å². The molecule has 1 saturated heterocycles. The third-order valence-corrected chi connectivity index (χ3v) is 4.89. The number of hydrogen-bond donors (Lipinski definition) is 1. The molecule has 0 aliphatic carbocycles. The first kappa shape index (κ1) is 20.7. The molecule has 2 aromatic rings. The summed E-state index contributed by atoms with van der Waals surface area (Å²) in [6.45, 7) is 7.59. The maximum Gasteiger partial charge on any atom is 0.311 e. The van der Waals surface area contributed by atoms with Crippen molar-refractivity contribution in [2.24, 2.45) is 0 Å². The molecule has 0 bridgehead atoms. The number of ether oxygens (including phenoxy) is 4. The molecule has 2 N–H and O–H groups in total. The van der Waals surface area contributed by atoms with Gasteiger partial charge in [-0.3, -0.25) is 19.0 Å². The lowest BCUT2D eigenvalue weighted by Gasteiger charge is -2.25. The Hall–Kier alpha value is -2.99. The van der Waals surface area contributed by atoms with Gasteiger partial charge in [-0.25, -0.2) is 4.98 Å². The number of aromatic nitrogens is 3. The molecule has 3 rings (SSSR count). The average molecular weight is 424 g/mol. The van der Waals surface area contributed by atoms with Crippen molar-refractivity contribution in [3.05, 3.63) is 28.2 Å². The lowest BCUT2D eigenvalue weighted by molar-refractivity contribution is -0.157. The maximum absolute atomic E-state index is 12.7. The van der Waals surface area contributed by atoms with Crippen molar-refractivity contribution in [2.75, 3.05) is 12.3 Å². The van der Waals surface area contributed by atoms with Gasteiger partial charge in [-0.2, -0.15) is 4.98 Å². The highest BCUT2D eigenvalue weighted by molar-refractivity contribution is 7.16. The van der Waals surface area contributed by atoms with Crippen molar-refractivity contribution in [3.8, 4) is 0 Å². The lowest BCUT2D eigenvalue weighted by Crippen LogP contribution is -2.40. The van der Waals surface area contributed by atoms with Crippen LogP contribution in [0.3, 0.4) is 0 Å². The molecule has 0 unspecified atom stereocenters. The molecule has 3 heterocycles. The largest absolute Gasteiger partial charge is 0.487 e. The summed E-state index contributed by atoms with van der Waals surface area (Å²) in [4.78, 5) is 43.2. The van der Waals surface area contributed by atoms with Crippen LogP contribution in [0.25, 0.3) is 10.3 Å². The summed E-state index contributed by atoms with van der Waals surface area (Å²) in [5, 5.41) is 0. The van der Waals surface area contributed by atoms with Crippen LogP contribution in [0.1, 0.15) is 27.0 Å². The molecular weight excluding hydrogens is 404 g/mol. The van der Waals surface area contributed by atoms with Crippen LogP contribution in [-0.4, -0.2) is 51.4 Å². The second-order valence-electron chi connectivity index (χ2n) is 6.38. The zero-order valence-corrected chi connectivity index (χ0v) is 16.8. The summed E-state index contributed by atoms with van der Waals surface area (Å²) in [6.07, 6.45) is -2.38. The van der Waals surface area contributed by atoms with Crippen molar-refractivity contribution in [1.29, 1.82) is 0 Å². The first-order valence-corrected chi connectivity index (χ1v) is 9.40. The number of nitrogen functional groups attached to an aromatic ring is 1. The highest BCUT2D eigenvalue weighted by Gasteiger charge is 2.51. The molecular formula is C17H20N4O7S. The van der Waals surface area contributed by atoms with Crippen molar-refractivity contribution < 1.29 is 28.5 Å². The van der Waals surface area contributed by atoms with E-state index in [1.807, 2.05) is 0 Å². The molecule has 0 aromatic carbocycles. The van der Waals surface area contributed by atoms with Gasteiger partial charge in [0.05, 0.1) is 16.7 Å². The summed E-state index contributed by atoms with van der Waals surface area (Å²) < 4.78 is 23.9. The number of rotatable bonds is 6. The van der Waals surface area contributed by atoms with E-state index in [2.05, 4.69) is 16.5 Å². The standard InChI is InChI=1S/C17H20N4O7S/c1-7(2)26-13-12(27-9(4)23)10(6-25-8(3)22)28-15(13)21-14-11(29-17(21)24)5-19-16(18)20-14/h5,10,12-13,15H,1,6H2,2-4H3,(H2,18,19,20)/t10-,12-,13-,15-/m1/s1. The monoisotopic (exact) mass is 424 g/mol. The molecule has 2 aromatic heterocycles. The molecule has 0 saturated carbocycles. The fourth-order valence-corrected chi connectivity index (χ4v) is 3.83. The molecule has 4 atom stereocenters. The molecule has 0 radical (unpaired) electrons. The molecule has 156 valence electrons. The molecule has 12 heteroatoms. The number of nitrogens with two attached hydrogens (primary N) is 1. The van der Waals surface area contributed by atoms with Crippen LogP contribution in [0.2, 0.25) is 0 Å². The van der Waals surface area contributed by atoms with Gasteiger partial charge in [0.15, 0.2) is 24.1 Å². The second-order valence-corrected chi connectivity index (χ2v) is 7.37. The third kappa shape index (κ3) is 4.38. The molecule has 1 aliphatic rings. The van der Waals surface area contributed by atoms with Crippen LogP contribution in [0.4, 0.5) is 5.95 Å². The molecule has 0 amide bonds. The van der Waals surface area contributed by atoms with Crippen LogP contribution >= 0.6 is 11.3 Å². The average Bonchev–Trinajstić information content (AvgIpc) is 3.09. The minimum atomic E-state index is -1.04. The lowest BCUT2D eigenvalue weighted by atomic mass is 10.1. The Morgan fingerprint density at radius 2 is 2.00 bits per heavy atom. The Morgan fingerprint density at radius 1 is 1.28 bits per heavy atom. The van der Waals surface area contributed by atoms with Crippen LogP contribution < -0.4 is 10.6 Å². The molecule has 11 nitrogen and oxygen atoms in total. The summed E-state index contributed by atoms with van der Waals surface area (Å²) in [7, 11) is 0. The van der Waals surface area contributed by atoms with Crippen LogP contribution in [-0.2, 0) is 28.5 Å². The predicted molar refractivity (Wildman–Crippen MR) is 102 cm³/mol. The van der Waals surface area contributed by atoms with Gasteiger partial charge in [-0.1, -0.05) is 17.9 Å². The number of fused-ring (bicyclic) bond motifs is 1. The number of thiazole rings is 1. The Kier molecular flexibility index (Phi) is 5.84. The zero-order valence-electron chi connectivity index (χ0n) is 16.0. The first-order chi connectivity index (χ1) is 13.7. The summed E-state index contributed by atoms with van der Waals surface area (Å²) >= 11 is 0.906. The van der Waals surface area contributed by atoms with E-state index in [-0.39, 0.29) is 18.2 Å². The first-order valence-electron chi connectivity index (χ1n) is 8.59. The Morgan fingerprint density at radius 3 is 2.62 bits per heavy atom. The summed E-state index contributed by atoms with van der Waals surface area (Å²) in [5.41, 5.74) is 5.92. The van der Waals surface area contributed by atoms with Crippen molar-refractivity contribution in [3.63, 3.8) is 0 Å². The smallest absolute Gasteiger partial charge is 0.311 e.